The Morgan fingerprint density at radius 3 is 2.27 bits per heavy atom. The van der Waals surface area contributed by atoms with Crippen molar-refractivity contribution >= 4 is 27.5 Å². The molecule has 5 nitrogen and oxygen atoms in total. The van der Waals surface area contributed by atoms with Gasteiger partial charge in [-0.15, -0.1) is 0 Å². The van der Waals surface area contributed by atoms with Crippen LogP contribution in [-0.2, 0) is 15.6 Å². The number of rotatable bonds is 5. The van der Waals surface area contributed by atoms with Gasteiger partial charge in [0.15, 0.2) is 0 Å². The van der Waals surface area contributed by atoms with Crippen LogP contribution in [0.2, 0.25) is 5.02 Å². The van der Waals surface area contributed by atoms with Gasteiger partial charge < -0.3 is 5.32 Å². The summed E-state index contributed by atoms with van der Waals surface area (Å²) in [6.45, 7) is 0.973. The summed E-state index contributed by atoms with van der Waals surface area (Å²) in [4.78, 5) is 13.3. The molecule has 2 aromatic carbocycles. The van der Waals surface area contributed by atoms with E-state index in [1.165, 1.54) is 34.6 Å². The molecular weight excluding hydrogens is 427 g/mol. The van der Waals surface area contributed by atoms with E-state index in [9.17, 15) is 17.6 Å². The lowest BCUT2D eigenvalue weighted by Crippen LogP contribution is -2.44. The Kier molecular flexibility index (Phi) is 5.88. The highest BCUT2D eigenvalue weighted by molar-refractivity contribution is 7.89. The second kappa shape index (κ2) is 8.29. The number of nitrogens with one attached hydrogen (secondary N) is 1. The van der Waals surface area contributed by atoms with E-state index < -0.39 is 21.5 Å². The van der Waals surface area contributed by atoms with Crippen LogP contribution in [0.3, 0.4) is 0 Å². The van der Waals surface area contributed by atoms with Crippen LogP contribution in [0.4, 0.5) is 4.39 Å². The summed E-state index contributed by atoms with van der Waals surface area (Å²) < 4.78 is 40.6. The van der Waals surface area contributed by atoms with Crippen LogP contribution in [-0.4, -0.2) is 31.7 Å². The van der Waals surface area contributed by atoms with E-state index in [0.29, 0.717) is 13.1 Å². The van der Waals surface area contributed by atoms with Crippen molar-refractivity contribution in [2.45, 2.75) is 49.0 Å². The largest absolute Gasteiger partial charge is 0.342 e. The number of benzene rings is 2. The molecule has 1 amide bonds. The molecule has 0 atom stereocenters. The predicted molar refractivity (Wildman–Crippen MR) is 113 cm³/mol. The third-order valence-corrected chi connectivity index (χ3v) is 8.32. The maximum absolute atomic E-state index is 13.4. The van der Waals surface area contributed by atoms with Crippen LogP contribution in [0.25, 0.3) is 0 Å². The molecule has 1 aliphatic carbocycles. The lowest BCUT2D eigenvalue weighted by Gasteiger charge is -2.31. The molecule has 1 saturated carbocycles. The van der Waals surface area contributed by atoms with Crippen molar-refractivity contribution in [2.24, 2.45) is 0 Å². The monoisotopic (exact) mass is 450 g/mol. The summed E-state index contributed by atoms with van der Waals surface area (Å²) >= 11 is 6.28. The minimum absolute atomic E-state index is 0.0706. The summed E-state index contributed by atoms with van der Waals surface area (Å²) in [7, 11) is -3.66. The highest BCUT2D eigenvalue weighted by atomic mass is 35.5. The quantitative estimate of drug-likeness (QED) is 0.731. The molecule has 2 aromatic rings. The number of halogens is 2. The first-order valence-electron chi connectivity index (χ1n) is 10.2. The van der Waals surface area contributed by atoms with Crippen molar-refractivity contribution in [1.29, 1.82) is 0 Å². The lowest BCUT2D eigenvalue weighted by molar-refractivity contribution is 0.0898. The van der Waals surface area contributed by atoms with E-state index in [0.717, 1.165) is 44.1 Å². The molecule has 1 aliphatic heterocycles. The fourth-order valence-corrected chi connectivity index (χ4v) is 6.18. The van der Waals surface area contributed by atoms with E-state index in [1.807, 2.05) is 0 Å². The zero-order valence-electron chi connectivity index (χ0n) is 16.5. The molecule has 4 rings (SSSR count). The van der Waals surface area contributed by atoms with Gasteiger partial charge in [-0.3, -0.25) is 4.79 Å². The number of nitrogens with zero attached hydrogens (tertiary/aromatic N) is 1. The number of carbonyl (C=O) groups is 1. The van der Waals surface area contributed by atoms with Gasteiger partial charge in [-0.05, 0) is 61.6 Å². The Morgan fingerprint density at radius 2 is 1.63 bits per heavy atom. The molecule has 30 heavy (non-hydrogen) atoms. The van der Waals surface area contributed by atoms with Crippen molar-refractivity contribution in [3.63, 3.8) is 0 Å². The molecule has 0 aromatic heterocycles. The van der Waals surface area contributed by atoms with Gasteiger partial charge in [0.25, 0.3) is 5.91 Å². The topological polar surface area (TPSA) is 66.5 Å². The predicted octanol–water partition coefficient (Wildman–Crippen LogP) is 4.46. The number of carbonyl (C=O) groups excluding carboxylic acids is 1. The van der Waals surface area contributed by atoms with Crippen LogP contribution in [0.15, 0.2) is 47.4 Å². The van der Waals surface area contributed by atoms with Crippen LogP contribution < -0.4 is 5.32 Å². The second-order valence-corrected chi connectivity index (χ2v) is 10.3. The number of sulfonamides is 1. The first kappa shape index (κ1) is 21.3. The van der Waals surface area contributed by atoms with Crippen LogP contribution >= 0.6 is 11.6 Å². The molecule has 160 valence electrons. The van der Waals surface area contributed by atoms with Gasteiger partial charge in [-0.1, -0.05) is 36.6 Å². The smallest absolute Gasteiger partial charge is 0.253 e. The summed E-state index contributed by atoms with van der Waals surface area (Å²) in [5, 5.41) is 3.27. The van der Waals surface area contributed by atoms with Crippen LogP contribution in [0, 0.1) is 5.82 Å². The molecule has 2 fully saturated rings. The van der Waals surface area contributed by atoms with E-state index >= 15 is 0 Å². The van der Waals surface area contributed by atoms with Gasteiger partial charge in [0, 0.05) is 13.1 Å². The summed E-state index contributed by atoms with van der Waals surface area (Å²) in [6, 6.07) is 10.4. The maximum Gasteiger partial charge on any atom is 0.253 e. The average molecular weight is 451 g/mol. The normalized spacial score (nSPS) is 19.1. The Balaban J connectivity index is 1.65. The van der Waals surface area contributed by atoms with Gasteiger partial charge >= 0.3 is 0 Å². The Hall–Kier alpha value is -1.96. The van der Waals surface area contributed by atoms with Gasteiger partial charge in [0.1, 0.15) is 5.82 Å². The third kappa shape index (κ3) is 3.98. The summed E-state index contributed by atoms with van der Waals surface area (Å²) in [5.74, 6) is -0.759. The minimum Gasteiger partial charge on any atom is -0.342 e. The highest BCUT2D eigenvalue weighted by Gasteiger charge is 2.38. The third-order valence-electron chi connectivity index (χ3n) is 6.09. The zero-order valence-corrected chi connectivity index (χ0v) is 18.1. The molecule has 0 spiro atoms. The first-order chi connectivity index (χ1) is 14.3. The highest BCUT2D eigenvalue weighted by Crippen LogP contribution is 2.39. The van der Waals surface area contributed by atoms with Gasteiger partial charge in [-0.25, -0.2) is 12.8 Å². The Morgan fingerprint density at radius 1 is 1.00 bits per heavy atom. The Labute approximate surface area is 181 Å². The van der Waals surface area contributed by atoms with Crippen molar-refractivity contribution in [3.05, 3.63) is 64.4 Å². The van der Waals surface area contributed by atoms with Gasteiger partial charge in [0.2, 0.25) is 10.0 Å². The molecule has 0 bridgehead atoms. The SMILES string of the molecule is O=C(NC1(c2ccc(F)cc2)CCCC1)c1cc(S(=O)(=O)N2CCCC2)ccc1Cl. The van der Waals surface area contributed by atoms with E-state index in [2.05, 4.69) is 5.32 Å². The number of amides is 1. The minimum atomic E-state index is -3.66. The number of hydrogen-bond acceptors (Lipinski definition) is 3. The van der Waals surface area contributed by atoms with Crippen LogP contribution in [0.5, 0.6) is 0 Å². The lowest BCUT2D eigenvalue weighted by atomic mass is 9.87. The standard InChI is InChI=1S/C22H24ClFN2O3S/c23-20-10-9-18(30(28,29)26-13-3-4-14-26)15-19(20)21(27)25-22(11-1-2-12-22)16-5-7-17(24)8-6-16/h5-10,15H,1-4,11-14H2,(H,25,27). The zero-order chi connectivity index (χ0) is 21.4. The van der Waals surface area contributed by atoms with Crippen LogP contribution in [0.1, 0.15) is 54.4 Å². The summed E-state index contributed by atoms with van der Waals surface area (Å²) in [5.41, 5.74) is 0.356. The fourth-order valence-electron chi connectivity index (χ4n) is 4.43. The number of hydrogen-bond donors (Lipinski definition) is 1. The van der Waals surface area contributed by atoms with Gasteiger partial charge in [0.05, 0.1) is 21.0 Å². The molecule has 0 unspecified atom stereocenters. The molecule has 1 N–H and O–H groups in total. The second-order valence-electron chi connectivity index (χ2n) is 8.00. The first-order valence-corrected chi connectivity index (χ1v) is 12.0. The molecule has 1 heterocycles. The molecule has 1 saturated heterocycles. The van der Waals surface area contributed by atoms with E-state index in [1.54, 1.807) is 12.1 Å². The van der Waals surface area contributed by atoms with Crippen molar-refractivity contribution in [3.8, 4) is 0 Å². The molecule has 2 aliphatic rings. The maximum atomic E-state index is 13.4. The van der Waals surface area contributed by atoms with Crippen molar-refractivity contribution < 1.29 is 17.6 Å². The van der Waals surface area contributed by atoms with Crippen molar-refractivity contribution in [1.82, 2.24) is 9.62 Å². The van der Waals surface area contributed by atoms with Gasteiger partial charge in [-0.2, -0.15) is 4.31 Å². The van der Waals surface area contributed by atoms with E-state index in [4.69, 9.17) is 11.6 Å². The van der Waals surface area contributed by atoms with E-state index in [-0.39, 0.29) is 21.3 Å². The molecule has 8 heteroatoms. The average Bonchev–Trinajstić information content (AvgIpc) is 3.42. The molecule has 0 radical (unpaired) electrons. The summed E-state index contributed by atoms with van der Waals surface area (Å²) in [6.07, 6.45) is 5.01. The van der Waals surface area contributed by atoms with Crippen molar-refractivity contribution in [2.75, 3.05) is 13.1 Å². The Bertz CT molecular complexity index is 1040. The molecular formula is C22H24ClFN2O3S. The fraction of sp³-hybridized carbons (Fsp3) is 0.409.